The number of benzene rings is 1. The van der Waals surface area contributed by atoms with Crippen molar-refractivity contribution in [2.45, 2.75) is 52.1 Å². The minimum atomic E-state index is 0.0556. The van der Waals surface area contributed by atoms with E-state index in [1.165, 1.54) is 5.56 Å². The Morgan fingerprint density at radius 1 is 1.13 bits per heavy atom. The minimum Gasteiger partial charge on any atom is -0.356 e. The number of hydrogen-bond acceptors (Lipinski definition) is 2. The second-order valence-corrected chi connectivity index (χ2v) is 6.04. The molecule has 0 aromatic heterocycles. The number of nitrogens with zero attached hydrogens (tertiary/aromatic N) is 1. The summed E-state index contributed by atoms with van der Waals surface area (Å²) in [6.45, 7) is 6.63. The van der Waals surface area contributed by atoms with Gasteiger partial charge in [-0.15, -0.1) is 0 Å². The van der Waals surface area contributed by atoms with Crippen molar-refractivity contribution in [1.82, 2.24) is 16.0 Å². The van der Waals surface area contributed by atoms with Gasteiger partial charge in [-0.1, -0.05) is 30.3 Å². The number of rotatable bonds is 8. The van der Waals surface area contributed by atoms with Gasteiger partial charge in [-0.3, -0.25) is 9.79 Å². The maximum absolute atomic E-state index is 11.6. The summed E-state index contributed by atoms with van der Waals surface area (Å²) in [4.78, 5) is 15.8. The Kier molecular flexibility index (Phi) is 8.80. The number of aryl methyl sites for hydroxylation is 1. The lowest BCUT2D eigenvalue weighted by molar-refractivity contribution is -0.121. The quantitative estimate of drug-likeness (QED) is 0.508. The van der Waals surface area contributed by atoms with Gasteiger partial charge in [-0.25, -0.2) is 0 Å². The van der Waals surface area contributed by atoms with Gasteiger partial charge in [0.15, 0.2) is 5.96 Å². The second kappa shape index (κ2) is 10.6. The van der Waals surface area contributed by atoms with Crippen LogP contribution in [0.4, 0.5) is 0 Å². The van der Waals surface area contributed by atoms with E-state index in [2.05, 4.69) is 52.1 Å². The molecule has 0 aliphatic rings. The van der Waals surface area contributed by atoms with E-state index in [9.17, 15) is 4.79 Å². The van der Waals surface area contributed by atoms with Crippen molar-refractivity contribution in [1.29, 1.82) is 0 Å². The Morgan fingerprint density at radius 3 is 2.43 bits per heavy atom. The second-order valence-electron chi connectivity index (χ2n) is 6.04. The Balaban J connectivity index is 2.25. The molecule has 1 atom stereocenters. The van der Waals surface area contributed by atoms with Gasteiger partial charge >= 0.3 is 0 Å². The molecule has 0 saturated heterocycles. The van der Waals surface area contributed by atoms with Gasteiger partial charge in [0.1, 0.15) is 0 Å². The average molecular weight is 318 g/mol. The Bertz CT molecular complexity index is 485. The summed E-state index contributed by atoms with van der Waals surface area (Å²) in [7, 11) is 1.74. The molecule has 0 fully saturated rings. The number of guanidine groups is 1. The molecule has 0 radical (unpaired) electrons. The highest BCUT2D eigenvalue weighted by molar-refractivity contribution is 5.81. The van der Waals surface area contributed by atoms with Crippen molar-refractivity contribution >= 4 is 11.9 Å². The first-order valence-electron chi connectivity index (χ1n) is 8.31. The molecule has 0 aliphatic carbocycles. The van der Waals surface area contributed by atoms with Crippen molar-refractivity contribution in [3.8, 4) is 0 Å². The summed E-state index contributed by atoms with van der Waals surface area (Å²) >= 11 is 0. The van der Waals surface area contributed by atoms with Crippen molar-refractivity contribution in [2.24, 2.45) is 4.99 Å². The summed E-state index contributed by atoms with van der Waals surface area (Å²) in [5, 5.41) is 9.41. The highest BCUT2D eigenvalue weighted by Crippen LogP contribution is 2.04. The van der Waals surface area contributed by atoms with Crippen LogP contribution >= 0.6 is 0 Å². The lowest BCUT2D eigenvalue weighted by atomic mass is 10.1. The number of nitrogens with one attached hydrogen (secondary N) is 3. The molecule has 1 unspecified atom stereocenters. The van der Waals surface area contributed by atoms with Crippen LogP contribution in [-0.2, 0) is 11.2 Å². The molecule has 0 saturated carbocycles. The van der Waals surface area contributed by atoms with Crippen LogP contribution in [-0.4, -0.2) is 37.5 Å². The lowest BCUT2D eigenvalue weighted by Crippen LogP contribution is -2.43. The normalized spacial score (nSPS) is 12.8. The van der Waals surface area contributed by atoms with Gasteiger partial charge in [-0.05, 0) is 39.2 Å². The fraction of sp³-hybridized carbons (Fsp3) is 0.556. The summed E-state index contributed by atoms with van der Waals surface area (Å²) in [5.41, 5.74) is 1.34. The molecule has 5 heteroatoms. The third kappa shape index (κ3) is 8.86. The maximum atomic E-state index is 11.6. The summed E-state index contributed by atoms with van der Waals surface area (Å²) in [6, 6.07) is 10.9. The Morgan fingerprint density at radius 2 is 1.83 bits per heavy atom. The molecule has 5 nitrogen and oxygen atoms in total. The number of carbonyl (C=O) groups excluding carboxylic acids is 1. The predicted molar refractivity (Wildman–Crippen MR) is 96.6 cm³/mol. The molecular weight excluding hydrogens is 288 g/mol. The van der Waals surface area contributed by atoms with Crippen LogP contribution in [0, 0.1) is 0 Å². The van der Waals surface area contributed by atoms with Crippen molar-refractivity contribution in [3.63, 3.8) is 0 Å². The molecule has 3 N–H and O–H groups in total. The smallest absolute Gasteiger partial charge is 0.221 e. The van der Waals surface area contributed by atoms with E-state index in [0.29, 0.717) is 19.0 Å². The first-order valence-corrected chi connectivity index (χ1v) is 8.31. The predicted octanol–water partition coefficient (Wildman–Crippen LogP) is 2.09. The summed E-state index contributed by atoms with van der Waals surface area (Å²) < 4.78 is 0. The molecule has 0 aliphatic heterocycles. The zero-order valence-electron chi connectivity index (χ0n) is 14.7. The molecule has 1 aromatic carbocycles. The highest BCUT2D eigenvalue weighted by Gasteiger charge is 2.07. The topological polar surface area (TPSA) is 65.5 Å². The molecular formula is C18H30N4O. The third-order valence-electron chi connectivity index (χ3n) is 3.41. The van der Waals surface area contributed by atoms with Crippen LogP contribution in [0.3, 0.4) is 0 Å². The van der Waals surface area contributed by atoms with Crippen molar-refractivity contribution in [3.05, 3.63) is 35.9 Å². The van der Waals surface area contributed by atoms with Crippen LogP contribution in [0.1, 0.15) is 39.2 Å². The van der Waals surface area contributed by atoms with Gasteiger partial charge in [0.2, 0.25) is 5.91 Å². The lowest BCUT2D eigenvalue weighted by Gasteiger charge is -2.18. The van der Waals surface area contributed by atoms with Gasteiger partial charge in [0, 0.05) is 32.1 Å². The maximum Gasteiger partial charge on any atom is 0.221 e. The molecule has 0 heterocycles. The van der Waals surface area contributed by atoms with E-state index in [1.807, 2.05) is 19.9 Å². The average Bonchev–Trinajstić information content (AvgIpc) is 2.52. The van der Waals surface area contributed by atoms with Gasteiger partial charge in [0.05, 0.1) is 0 Å². The Labute approximate surface area is 140 Å². The summed E-state index contributed by atoms with van der Waals surface area (Å²) in [5.74, 6) is 0.794. The molecule has 128 valence electrons. The van der Waals surface area contributed by atoms with E-state index < -0.39 is 0 Å². The molecule has 0 bridgehead atoms. The molecule has 23 heavy (non-hydrogen) atoms. The van der Waals surface area contributed by atoms with E-state index in [4.69, 9.17) is 0 Å². The van der Waals surface area contributed by atoms with Gasteiger partial charge < -0.3 is 16.0 Å². The number of amides is 1. The zero-order chi connectivity index (χ0) is 17.1. The number of hydrogen-bond donors (Lipinski definition) is 3. The first kappa shape index (κ1) is 19.0. The van der Waals surface area contributed by atoms with E-state index in [1.54, 1.807) is 7.05 Å². The Hall–Kier alpha value is -2.04. The van der Waals surface area contributed by atoms with E-state index in [-0.39, 0.29) is 11.9 Å². The van der Waals surface area contributed by atoms with Crippen LogP contribution in [0.15, 0.2) is 35.3 Å². The fourth-order valence-corrected chi connectivity index (χ4v) is 2.22. The van der Waals surface area contributed by atoms with Crippen LogP contribution in [0.25, 0.3) is 0 Å². The third-order valence-corrected chi connectivity index (χ3v) is 3.41. The van der Waals surface area contributed by atoms with Gasteiger partial charge in [-0.2, -0.15) is 0 Å². The van der Waals surface area contributed by atoms with Crippen LogP contribution in [0.2, 0.25) is 0 Å². The van der Waals surface area contributed by atoms with Crippen molar-refractivity contribution in [2.75, 3.05) is 13.6 Å². The van der Waals surface area contributed by atoms with Gasteiger partial charge in [0.25, 0.3) is 0 Å². The fourth-order valence-electron chi connectivity index (χ4n) is 2.22. The highest BCUT2D eigenvalue weighted by atomic mass is 16.1. The van der Waals surface area contributed by atoms with E-state index in [0.717, 1.165) is 18.8 Å². The monoisotopic (exact) mass is 318 g/mol. The molecule has 1 amide bonds. The van der Waals surface area contributed by atoms with Crippen molar-refractivity contribution < 1.29 is 4.79 Å². The first-order chi connectivity index (χ1) is 11.0. The van der Waals surface area contributed by atoms with Crippen LogP contribution < -0.4 is 16.0 Å². The van der Waals surface area contributed by atoms with Crippen LogP contribution in [0.5, 0.6) is 0 Å². The number of carbonyl (C=O) groups is 1. The molecule has 1 aromatic rings. The standard InChI is InChI=1S/C18H30N4O/c1-14(2)21-17(23)12-13-20-18(19-4)22-15(3)10-11-16-8-6-5-7-9-16/h5-9,14-15H,10-13H2,1-4H3,(H,21,23)(H2,19,20,22). The largest absolute Gasteiger partial charge is 0.356 e. The SMILES string of the molecule is CN=C(NCCC(=O)NC(C)C)NC(C)CCc1ccccc1. The molecule has 0 spiro atoms. The molecule has 1 rings (SSSR count). The zero-order valence-corrected chi connectivity index (χ0v) is 14.7. The van der Waals surface area contributed by atoms with E-state index >= 15 is 0 Å². The summed E-state index contributed by atoms with van der Waals surface area (Å²) in [6.07, 6.45) is 2.50. The minimum absolute atomic E-state index is 0.0556. The number of aliphatic imine (C=N–C) groups is 1.